The molecule has 2 rings (SSSR count). The first-order valence-electron chi connectivity index (χ1n) is 8.68. The highest BCUT2D eigenvalue weighted by molar-refractivity contribution is 6.33. The molecule has 2 aromatic carbocycles. The van der Waals surface area contributed by atoms with E-state index in [2.05, 4.69) is 0 Å². The van der Waals surface area contributed by atoms with E-state index in [4.69, 9.17) is 30.5 Å². The molecule has 0 saturated heterocycles. The van der Waals surface area contributed by atoms with Gasteiger partial charge in [-0.25, -0.2) is 9.59 Å². The van der Waals surface area contributed by atoms with Gasteiger partial charge in [0.1, 0.15) is 5.75 Å². The normalized spacial score (nSPS) is 10.9. The van der Waals surface area contributed by atoms with Gasteiger partial charge in [-0.05, 0) is 11.8 Å². The highest BCUT2D eigenvalue weighted by atomic mass is 35.5. The zero-order chi connectivity index (χ0) is 20.0. The topological polar surface area (TPSA) is 71.1 Å². The van der Waals surface area contributed by atoms with Crippen LogP contribution in [0.3, 0.4) is 0 Å². The van der Waals surface area contributed by atoms with Crippen molar-refractivity contribution in [2.45, 2.75) is 27.7 Å². The predicted octanol–water partition coefficient (Wildman–Crippen LogP) is 5.84. The molecule has 0 N–H and O–H groups in total. The summed E-state index contributed by atoms with van der Waals surface area (Å²) in [4.78, 5) is 23.8. The summed E-state index contributed by atoms with van der Waals surface area (Å²) in [6.45, 7) is 8.15. The first-order valence-corrected chi connectivity index (χ1v) is 9.06. The molecule has 0 amide bonds. The molecular weight excluding hydrogens is 372 g/mol. The van der Waals surface area contributed by atoms with Crippen LogP contribution in [0.25, 0.3) is 10.8 Å². The number of carbonyl (C=O) groups is 2. The summed E-state index contributed by atoms with van der Waals surface area (Å²) >= 11 is 6.26. The van der Waals surface area contributed by atoms with Crippen LogP contribution in [-0.4, -0.2) is 25.5 Å². The van der Waals surface area contributed by atoms with Crippen LogP contribution < -0.4 is 9.47 Å². The molecule has 0 aromatic heterocycles. The number of ether oxygens (including phenoxy) is 4. The van der Waals surface area contributed by atoms with Crippen LogP contribution in [0.2, 0.25) is 5.02 Å². The summed E-state index contributed by atoms with van der Waals surface area (Å²) in [6, 6.07) is 8.36. The molecular formula is C20H23ClO6. The summed E-state index contributed by atoms with van der Waals surface area (Å²) < 4.78 is 20.6. The zero-order valence-corrected chi connectivity index (χ0v) is 16.5. The Morgan fingerprint density at radius 2 is 1.41 bits per heavy atom. The van der Waals surface area contributed by atoms with Crippen molar-refractivity contribution >= 4 is 34.7 Å². The van der Waals surface area contributed by atoms with Crippen LogP contribution in [0, 0.1) is 11.8 Å². The molecule has 0 radical (unpaired) electrons. The number of hydrogen-bond acceptors (Lipinski definition) is 6. The molecule has 0 spiro atoms. The van der Waals surface area contributed by atoms with E-state index in [1.54, 1.807) is 24.3 Å². The summed E-state index contributed by atoms with van der Waals surface area (Å²) in [6.07, 6.45) is -1.67. The fourth-order valence-electron chi connectivity index (χ4n) is 2.17. The molecule has 2 aromatic rings. The number of carbonyl (C=O) groups excluding carboxylic acids is 2. The third-order valence-electron chi connectivity index (χ3n) is 3.36. The molecule has 146 valence electrons. The van der Waals surface area contributed by atoms with Crippen LogP contribution in [0.15, 0.2) is 30.3 Å². The van der Waals surface area contributed by atoms with Gasteiger partial charge in [0.25, 0.3) is 0 Å². The minimum absolute atomic E-state index is 0.113. The van der Waals surface area contributed by atoms with Gasteiger partial charge in [0, 0.05) is 16.8 Å². The summed E-state index contributed by atoms with van der Waals surface area (Å²) in [5.41, 5.74) is 0. The molecule has 27 heavy (non-hydrogen) atoms. The second-order valence-electron chi connectivity index (χ2n) is 6.85. The second kappa shape index (κ2) is 9.46. The van der Waals surface area contributed by atoms with Crippen LogP contribution in [0.4, 0.5) is 9.59 Å². The number of hydrogen-bond donors (Lipinski definition) is 0. The minimum atomic E-state index is -0.847. The maximum Gasteiger partial charge on any atom is 0.513 e. The van der Waals surface area contributed by atoms with Gasteiger partial charge < -0.3 is 18.9 Å². The number of rotatable bonds is 6. The van der Waals surface area contributed by atoms with E-state index < -0.39 is 12.3 Å². The molecule has 0 atom stereocenters. The maximum absolute atomic E-state index is 11.9. The number of halogens is 1. The molecule has 6 nitrogen and oxygen atoms in total. The molecule has 0 saturated carbocycles. The van der Waals surface area contributed by atoms with Crippen molar-refractivity contribution in [1.29, 1.82) is 0 Å². The lowest BCUT2D eigenvalue weighted by Crippen LogP contribution is -2.15. The quantitative estimate of drug-likeness (QED) is 0.453. The Labute approximate surface area is 163 Å². The summed E-state index contributed by atoms with van der Waals surface area (Å²) in [7, 11) is 0. The van der Waals surface area contributed by atoms with Crippen LogP contribution in [0.5, 0.6) is 11.5 Å². The monoisotopic (exact) mass is 394 g/mol. The van der Waals surface area contributed by atoms with Gasteiger partial charge >= 0.3 is 12.3 Å². The highest BCUT2D eigenvalue weighted by Crippen LogP contribution is 2.40. The fraction of sp³-hybridized carbons (Fsp3) is 0.400. The van der Waals surface area contributed by atoms with Crippen molar-refractivity contribution in [1.82, 2.24) is 0 Å². The van der Waals surface area contributed by atoms with Gasteiger partial charge in [0.2, 0.25) is 0 Å². The van der Waals surface area contributed by atoms with E-state index in [1.165, 1.54) is 6.07 Å². The lowest BCUT2D eigenvalue weighted by Gasteiger charge is -2.14. The van der Waals surface area contributed by atoms with Crippen LogP contribution in [-0.2, 0) is 9.47 Å². The first-order chi connectivity index (χ1) is 12.8. The molecule has 7 heteroatoms. The third-order valence-corrected chi connectivity index (χ3v) is 3.64. The number of benzene rings is 2. The zero-order valence-electron chi connectivity index (χ0n) is 15.8. The molecule has 0 aliphatic heterocycles. The van der Waals surface area contributed by atoms with Crippen molar-refractivity contribution in [3.05, 3.63) is 35.4 Å². The summed E-state index contributed by atoms with van der Waals surface area (Å²) in [5, 5.41) is 1.18. The smallest absolute Gasteiger partial charge is 0.434 e. The van der Waals surface area contributed by atoms with Gasteiger partial charge in [-0.2, -0.15) is 0 Å². The molecule has 0 heterocycles. The molecule has 0 bridgehead atoms. The van der Waals surface area contributed by atoms with Gasteiger partial charge in [-0.15, -0.1) is 0 Å². The molecule has 0 aliphatic carbocycles. The highest BCUT2D eigenvalue weighted by Gasteiger charge is 2.19. The Morgan fingerprint density at radius 1 is 0.889 bits per heavy atom. The Balaban J connectivity index is 2.27. The Kier molecular flexibility index (Phi) is 7.30. The fourth-order valence-corrected chi connectivity index (χ4v) is 2.41. The lowest BCUT2D eigenvalue weighted by molar-refractivity contribution is 0.0873. The predicted molar refractivity (Wildman–Crippen MR) is 103 cm³/mol. The maximum atomic E-state index is 11.9. The molecule has 0 aliphatic rings. The van der Waals surface area contributed by atoms with Crippen LogP contribution >= 0.6 is 11.6 Å². The van der Waals surface area contributed by atoms with Crippen molar-refractivity contribution in [3.8, 4) is 11.5 Å². The second-order valence-corrected chi connectivity index (χ2v) is 7.25. The van der Waals surface area contributed by atoms with Crippen molar-refractivity contribution in [2.75, 3.05) is 13.2 Å². The Hall–Kier alpha value is -2.47. The SMILES string of the molecule is CC(C)COC(=O)Oc1cc(Cl)c(OC(=O)OCC(C)C)c2ccccc12. The molecule has 0 unspecified atom stereocenters. The first kappa shape index (κ1) is 20.8. The van der Waals surface area contributed by atoms with Gasteiger partial charge in [0.15, 0.2) is 5.75 Å². The van der Waals surface area contributed by atoms with E-state index in [-0.39, 0.29) is 41.6 Å². The van der Waals surface area contributed by atoms with Crippen molar-refractivity contribution < 1.29 is 28.5 Å². The van der Waals surface area contributed by atoms with Crippen LogP contribution in [0.1, 0.15) is 27.7 Å². The van der Waals surface area contributed by atoms with E-state index in [0.29, 0.717) is 10.8 Å². The average Bonchev–Trinajstić information content (AvgIpc) is 2.61. The van der Waals surface area contributed by atoms with Gasteiger partial charge in [-0.1, -0.05) is 63.6 Å². The average molecular weight is 395 g/mol. The summed E-state index contributed by atoms with van der Waals surface area (Å²) in [5.74, 6) is 0.721. The largest absolute Gasteiger partial charge is 0.513 e. The lowest BCUT2D eigenvalue weighted by atomic mass is 10.1. The van der Waals surface area contributed by atoms with E-state index in [1.807, 2.05) is 27.7 Å². The van der Waals surface area contributed by atoms with Gasteiger partial charge in [-0.3, -0.25) is 0 Å². The standard InChI is InChI=1S/C20H23ClO6/c1-12(2)10-24-19(22)26-17-9-16(21)18(15-8-6-5-7-14(15)17)27-20(23)25-11-13(3)4/h5-9,12-13H,10-11H2,1-4H3. The Bertz CT molecular complexity index is 815. The van der Waals surface area contributed by atoms with E-state index in [9.17, 15) is 9.59 Å². The van der Waals surface area contributed by atoms with Crippen molar-refractivity contribution in [3.63, 3.8) is 0 Å². The minimum Gasteiger partial charge on any atom is -0.434 e. The van der Waals surface area contributed by atoms with Gasteiger partial charge in [0.05, 0.1) is 18.2 Å². The number of fused-ring (bicyclic) bond motifs is 1. The van der Waals surface area contributed by atoms with E-state index >= 15 is 0 Å². The van der Waals surface area contributed by atoms with Crippen molar-refractivity contribution in [2.24, 2.45) is 11.8 Å². The van der Waals surface area contributed by atoms with E-state index in [0.717, 1.165) is 0 Å². The Morgan fingerprint density at radius 3 is 1.96 bits per heavy atom. The third kappa shape index (κ3) is 6.03. The molecule has 0 fully saturated rings.